The zero-order valence-corrected chi connectivity index (χ0v) is 16.8. The number of halogens is 3. The van der Waals surface area contributed by atoms with Gasteiger partial charge in [-0.1, -0.05) is 20.3 Å². The highest BCUT2D eigenvalue weighted by molar-refractivity contribution is 6.01. The third-order valence-electron chi connectivity index (χ3n) is 6.21. The van der Waals surface area contributed by atoms with Gasteiger partial charge in [0.25, 0.3) is 0 Å². The minimum Gasteiger partial charge on any atom is -0.374 e. The van der Waals surface area contributed by atoms with Gasteiger partial charge in [0.05, 0.1) is 5.56 Å². The number of nitrogens with one attached hydrogen (secondary N) is 2. The molecule has 2 amide bonds. The van der Waals surface area contributed by atoms with Gasteiger partial charge in [0.2, 0.25) is 11.8 Å². The van der Waals surface area contributed by atoms with Gasteiger partial charge in [-0.15, -0.1) is 0 Å². The molecule has 29 heavy (non-hydrogen) atoms. The fourth-order valence-electron chi connectivity index (χ4n) is 4.20. The minimum absolute atomic E-state index is 0.165. The molecule has 2 fully saturated rings. The second-order valence-electron chi connectivity index (χ2n) is 8.09. The molecule has 2 N–H and O–H groups in total. The highest BCUT2D eigenvalue weighted by atomic mass is 19.4. The first-order valence-corrected chi connectivity index (χ1v) is 10.3. The van der Waals surface area contributed by atoms with Crippen LogP contribution < -0.4 is 15.5 Å². The van der Waals surface area contributed by atoms with Crippen molar-refractivity contribution in [1.29, 1.82) is 0 Å². The number of anilines is 2. The van der Waals surface area contributed by atoms with E-state index in [2.05, 4.69) is 24.5 Å². The Labute approximate surface area is 169 Å². The van der Waals surface area contributed by atoms with Gasteiger partial charge in [0, 0.05) is 30.9 Å². The Hall–Kier alpha value is -2.25. The quantitative estimate of drug-likeness (QED) is 0.714. The summed E-state index contributed by atoms with van der Waals surface area (Å²) in [4.78, 5) is 25.0. The van der Waals surface area contributed by atoms with Crippen molar-refractivity contribution in [1.82, 2.24) is 5.32 Å². The fourth-order valence-corrected chi connectivity index (χ4v) is 4.20. The topological polar surface area (TPSA) is 61.4 Å². The first-order chi connectivity index (χ1) is 13.7. The third-order valence-corrected chi connectivity index (χ3v) is 6.21. The lowest BCUT2D eigenvalue weighted by Crippen LogP contribution is -2.47. The van der Waals surface area contributed by atoms with E-state index in [-0.39, 0.29) is 30.1 Å². The monoisotopic (exact) mass is 411 g/mol. The molecule has 0 aromatic heterocycles. The lowest BCUT2D eigenvalue weighted by atomic mass is 9.84. The molecule has 0 saturated carbocycles. The highest BCUT2D eigenvalue weighted by Gasteiger charge is 2.37. The van der Waals surface area contributed by atoms with E-state index >= 15 is 0 Å². The summed E-state index contributed by atoms with van der Waals surface area (Å²) in [7, 11) is 0. The van der Waals surface area contributed by atoms with Crippen molar-refractivity contribution >= 4 is 23.2 Å². The Kier molecular flexibility index (Phi) is 6.39. The average Bonchev–Trinajstić information content (AvgIpc) is 2.69. The number of carbonyl (C=O) groups is 2. The average molecular weight is 411 g/mol. The van der Waals surface area contributed by atoms with Crippen LogP contribution in [0, 0.1) is 11.8 Å². The molecule has 2 heterocycles. The molecule has 5 nitrogen and oxygen atoms in total. The van der Waals surface area contributed by atoms with E-state index in [1.807, 2.05) is 4.90 Å². The van der Waals surface area contributed by atoms with E-state index in [1.54, 1.807) is 6.07 Å². The van der Waals surface area contributed by atoms with E-state index in [4.69, 9.17) is 0 Å². The zero-order chi connectivity index (χ0) is 21.2. The van der Waals surface area contributed by atoms with Gasteiger partial charge in [0.1, 0.15) is 6.04 Å². The molecular formula is C21H28F3N3O2. The molecule has 2 aliphatic heterocycles. The summed E-state index contributed by atoms with van der Waals surface area (Å²) in [5.74, 6) is 0.268. The molecule has 2 saturated heterocycles. The lowest BCUT2D eigenvalue weighted by Gasteiger charge is -2.37. The molecule has 0 bridgehead atoms. The molecule has 1 aromatic carbocycles. The van der Waals surface area contributed by atoms with Crippen LogP contribution in [0.3, 0.4) is 0 Å². The number of rotatable bonds is 5. The second kappa shape index (κ2) is 8.63. The number of carbonyl (C=O) groups excluding carboxylic acids is 2. The Morgan fingerprint density at radius 3 is 2.48 bits per heavy atom. The van der Waals surface area contributed by atoms with Crippen molar-refractivity contribution in [3.05, 3.63) is 23.8 Å². The first-order valence-electron chi connectivity index (χ1n) is 10.3. The zero-order valence-electron chi connectivity index (χ0n) is 16.8. The smallest absolute Gasteiger partial charge is 0.374 e. The maximum absolute atomic E-state index is 13.8. The summed E-state index contributed by atoms with van der Waals surface area (Å²) >= 11 is 0. The Bertz CT molecular complexity index is 758. The van der Waals surface area contributed by atoms with Crippen molar-refractivity contribution < 1.29 is 22.8 Å². The number of alkyl halides is 3. The van der Waals surface area contributed by atoms with E-state index in [9.17, 15) is 22.8 Å². The number of hydrogen-bond donors (Lipinski definition) is 2. The molecule has 0 radical (unpaired) electrons. The number of amides is 2. The summed E-state index contributed by atoms with van der Waals surface area (Å²) in [6.07, 6.45) is -1.20. The number of hydrogen-bond acceptors (Lipinski definition) is 4. The highest BCUT2D eigenvalue weighted by Crippen LogP contribution is 2.40. The van der Waals surface area contributed by atoms with Crippen LogP contribution in [-0.2, 0) is 15.8 Å². The molecule has 2 unspecified atom stereocenters. The van der Waals surface area contributed by atoms with Crippen LogP contribution in [0.15, 0.2) is 18.2 Å². The largest absolute Gasteiger partial charge is 0.418 e. The molecule has 3 rings (SSSR count). The van der Waals surface area contributed by atoms with E-state index in [0.717, 1.165) is 25.3 Å². The predicted molar refractivity (Wildman–Crippen MR) is 106 cm³/mol. The Morgan fingerprint density at radius 1 is 1.21 bits per heavy atom. The van der Waals surface area contributed by atoms with Gasteiger partial charge in [-0.3, -0.25) is 14.9 Å². The molecular weight excluding hydrogens is 383 g/mol. The Balaban J connectivity index is 1.77. The standard InChI is InChI=1S/C21H28F3N3O2/c1-3-13(2)14-8-10-27(11-9-14)18-6-4-15(12-16(18)21(22,23)24)25-17-5-7-19(28)26-20(17)29/h4,6,12-14,17,25H,3,5,7-11H2,1-2H3,(H,26,28,29). The molecule has 2 aliphatic rings. The van der Waals surface area contributed by atoms with Crippen molar-refractivity contribution in [2.45, 2.75) is 58.2 Å². The van der Waals surface area contributed by atoms with Crippen LogP contribution in [0.2, 0.25) is 0 Å². The predicted octanol–water partition coefficient (Wildman–Crippen LogP) is 4.19. The van der Waals surface area contributed by atoms with Crippen LogP contribution in [0.4, 0.5) is 24.5 Å². The van der Waals surface area contributed by atoms with Gasteiger partial charge in [-0.05, 0) is 49.3 Å². The maximum Gasteiger partial charge on any atom is 0.418 e. The van der Waals surface area contributed by atoms with Crippen LogP contribution in [0.25, 0.3) is 0 Å². The minimum atomic E-state index is -4.49. The molecule has 1 aromatic rings. The van der Waals surface area contributed by atoms with Gasteiger partial charge in [-0.2, -0.15) is 13.2 Å². The molecule has 160 valence electrons. The van der Waals surface area contributed by atoms with Crippen LogP contribution in [0.1, 0.15) is 51.5 Å². The van der Waals surface area contributed by atoms with Gasteiger partial charge >= 0.3 is 6.18 Å². The van der Waals surface area contributed by atoms with Crippen LogP contribution >= 0.6 is 0 Å². The van der Waals surface area contributed by atoms with Crippen molar-refractivity contribution in [2.24, 2.45) is 11.8 Å². The summed E-state index contributed by atoms with van der Waals surface area (Å²) in [6, 6.07) is 3.42. The van der Waals surface area contributed by atoms with Crippen LogP contribution in [0.5, 0.6) is 0 Å². The van der Waals surface area contributed by atoms with Crippen molar-refractivity contribution in [3.63, 3.8) is 0 Å². The number of piperidine rings is 2. The summed E-state index contributed by atoms with van der Waals surface area (Å²) in [5.41, 5.74) is -0.282. The second-order valence-corrected chi connectivity index (χ2v) is 8.09. The molecule has 0 spiro atoms. The molecule has 8 heteroatoms. The SMILES string of the molecule is CCC(C)C1CCN(c2ccc(NC3CCC(=O)NC3=O)cc2C(F)(F)F)CC1. The van der Waals surface area contributed by atoms with Crippen molar-refractivity contribution in [2.75, 3.05) is 23.3 Å². The Morgan fingerprint density at radius 2 is 1.90 bits per heavy atom. The van der Waals surface area contributed by atoms with Gasteiger partial charge in [0.15, 0.2) is 0 Å². The molecule has 0 aliphatic carbocycles. The van der Waals surface area contributed by atoms with Crippen molar-refractivity contribution in [3.8, 4) is 0 Å². The van der Waals surface area contributed by atoms with E-state index in [1.165, 1.54) is 6.07 Å². The lowest BCUT2D eigenvalue weighted by molar-refractivity contribution is -0.137. The first kappa shape index (κ1) is 21.5. The van der Waals surface area contributed by atoms with E-state index in [0.29, 0.717) is 24.9 Å². The summed E-state index contributed by atoms with van der Waals surface area (Å²) < 4.78 is 41.3. The molecule has 2 atom stereocenters. The normalized spacial score (nSPS) is 22.4. The third kappa shape index (κ3) is 5.03. The van der Waals surface area contributed by atoms with Crippen LogP contribution in [-0.4, -0.2) is 30.9 Å². The summed E-state index contributed by atoms with van der Waals surface area (Å²) in [6.45, 7) is 5.57. The number of nitrogens with zero attached hydrogens (tertiary/aromatic N) is 1. The maximum atomic E-state index is 13.8. The number of imide groups is 1. The number of benzene rings is 1. The van der Waals surface area contributed by atoms with E-state index < -0.39 is 23.7 Å². The summed E-state index contributed by atoms with van der Waals surface area (Å²) in [5, 5.41) is 5.05. The van der Waals surface area contributed by atoms with Gasteiger partial charge < -0.3 is 10.2 Å². The fraction of sp³-hybridized carbons (Fsp3) is 0.619. The van der Waals surface area contributed by atoms with Gasteiger partial charge in [-0.25, -0.2) is 0 Å².